The Hall–Kier alpha value is -1.06. The first-order valence-corrected chi connectivity index (χ1v) is 6.32. The van der Waals surface area contributed by atoms with Crippen molar-refractivity contribution in [3.05, 3.63) is 29.8 Å². The van der Waals surface area contributed by atoms with Crippen molar-refractivity contribution in [1.29, 1.82) is 0 Å². The Labute approximate surface area is 103 Å². The fraction of sp³-hybridized carbons (Fsp3) is 0.571. The largest absolute Gasteiger partial charge is 0.492 e. The molecule has 1 aromatic carbocycles. The zero-order valence-electron chi connectivity index (χ0n) is 10.4. The molecule has 3 nitrogen and oxygen atoms in total. The number of ether oxygens (including phenoxy) is 2. The molecule has 17 heavy (non-hydrogen) atoms. The summed E-state index contributed by atoms with van der Waals surface area (Å²) in [6.45, 7) is 2.52. The minimum absolute atomic E-state index is 0.509. The number of benzene rings is 1. The molecule has 2 rings (SSSR count). The summed E-state index contributed by atoms with van der Waals surface area (Å²) >= 11 is 0. The molecule has 1 saturated heterocycles. The molecule has 0 bridgehead atoms. The van der Waals surface area contributed by atoms with Crippen LogP contribution in [0, 0.1) is 0 Å². The molecule has 1 unspecified atom stereocenters. The minimum atomic E-state index is 0.509. The molecule has 3 heteroatoms. The molecule has 0 radical (unpaired) electrons. The molecule has 1 atom stereocenters. The predicted molar refractivity (Wildman–Crippen MR) is 68.3 cm³/mol. The zero-order valence-corrected chi connectivity index (χ0v) is 10.4. The summed E-state index contributed by atoms with van der Waals surface area (Å²) in [7, 11) is 1.71. The van der Waals surface area contributed by atoms with E-state index in [1.807, 2.05) is 18.2 Å². The van der Waals surface area contributed by atoms with E-state index < -0.39 is 0 Å². The van der Waals surface area contributed by atoms with Crippen LogP contribution in [0.25, 0.3) is 0 Å². The fourth-order valence-corrected chi connectivity index (χ4v) is 2.15. The summed E-state index contributed by atoms with van der Waals surface area (Å²) in [6.07, 6.45) is 3.82. The summed E-state index contributed by atoms with van der Waals surface area (Å²) in [5.41, 5.74) is 1.15. The van der Waals surface area contributed by atoms with Crippen LogP contribution in [0.2, 0.25) is 0 Å². The molecule has 0 aromatic heterocycles. The van der Waals surface area contributed by atoms with Crippen molar-refractivity contribution in [2.75, 3.05) is 20.3 Å². The highest BCUT2D eigenvalue weighted by atomic mass is 16.5. The van der Waals surface area contributed by atoms with E-state index in [0.29, 0.717) is 12.6 Å². The molecule has 1 N–H and O–H groups in total. The van der Waals surface area contributed by atoms with Crippen LogP contribution in [0.1, 0.15) is 24.8 Å². The lowest BCUT2D eigenvalue weighted by atomic mass is 10.1. The van der Waals surface area contributed by atoms with Gasteiger partial charge >= 0.3 is 0 Å². The van der Waals surface area contributed by atoms with Crippen molar-refractivity contribution >= 4 is 0 Å². The average Bonchev–Trinajstić information content (AvgIpc) is 2.39. The van der Waals surface area contributed by atoms with Crippen LogP contribution in [0.5, 0.6) is 5.75 Å². The zero-order chi connectivity index (χ0) is 11.9. The van der Waals surface area contributed by atoms with Crippen LogP contribution in [0.15, 0.2) is 24.3 Å². The van der Waals surface area contributed by atoms with Crippen LogP contribution in [-0.4, -0.2) is 26.3 Å². The Kier molecular flexibility index (Phi) is 4.83. The number of hydrogen-bond donors (Lipinski definition) is 1. The van der Waals surface area contributed by atoms with Crippen molar-refractivity contribution in [2.24, 2.45) is 0 Å². The predicted octanol–water partition coefficient (Wildman–Crippen LogP) is 2.35. The molecule has 1 fully saturated rings. The first kappa shape index (κ1) is 12.4. The number of piperidine rings is 1. The third-order valence-corrected chi connectivity index (χ3v) is 3.07. The quantitative estimate of drug-likeness (QED) is 0.850. The second-order valence-corrected chi connectivity index (χ2v) is 4.54. The normalized spacial score (nSPS) is 20.2. The topological polar surface area (TPSA) is 30.5 Å². The van der Waals surface area contributed by atoms with E-state index in [0.717, 1.165) is 24.5 Å². The van der Waals surface area contributed by atoms with Crippen molar-refractivity contribution in [3.63, 3.8) is 0 Å². The molecule has 1 heterocycles. The Balaban J connectivity index is 1.83. The van der Waals surface area contributed by atoms with E-state index in [9.17, 15) is 0 Å². The van der Waals surface area contributed by atoms with E-state index in [-0.39, 0.29) is 0 Å². The molecule has 0 aliphatic carbocycles. The molecule has 0 amide bonds. The maximum atomic E-state index is 5.81. The standard InChI is InChI=1S/C14H21NO2/c1-16-10-12-5-4-7-14(9-12)17-11-13-6-2-3-8-15-13/h4-5,7,9,13,15H,2-3,6,8,10-11H2,1H3. The lowest BCUT2D eigenvalue weighted by Crippen LogP contribution is -2.38. The van der Waals surface area contributed by atoms with Gasteiger partial charge in [0.1, 0.15) is 12.4 Å². The molecule has 0 spiro atoms. The van der Waals surface area contributed by atoms with Crippen molar-refractivity contribution in [1.82, 2.24) is 5.32 Å². The average molecular weight is 235 g/mol. The van der Waals surface area contributed by atoms with Crippen molar-refractivity contribution in [2.45, 2.75) is 31.9 Å². The number of hydrogen-bond acceptors (Lipinski definition) is 3. The minimum Gasteiger partial charge on any atom is -0.492 e. The maximum Gasteiger partial charge on any atom is 0.119 e. The van der Waals surface area contributed by atoms with Gasteiger partial charge in [-0.15, -0.1) is 0 Å². The fourth-order valence-electron chi connectivity index (χ4n) is 2.15. The number of methoxy groups -OCH3 is 1. The van der Waals surface area contributed by atoms with E-state index in [1.54, 1.807) is 7.11 Å². The van der Waals surface area contributed by atoms with Gasteiger partial charge in [0.2, 0.25) is 0 Å². The van der Waals surface area contributed by atoms with Gasteiger partial charge < -0.3 is 14.8 Å². The number of nitrogens with one attached hydrogen (secondary N) is 1. The maximum absolute atomic E-state index is 5.81. The Morgan fingerprint density at radius 2 is 2.29 bits per heavy atom. The lowest BCUT2D eigenvalue weighted by molar-refractivity contribution is 0.184. The Bertz CT molecular complexity index is 335. The van der Waals surface area contributed by atoms with Gasteiger partial charge in [-0.1, -0.05) is 18.6 Å². The van der Waals surface area contributed by atoms with Crippen LogP contribution in [0.3, 0.4) is 0 Å². The molecule has 1 aliphatic rings. The highest BCUT2D eigenvalue weighted by Gasteiger charge is 2.12. The third-order valence-electron chi connectivity index (χ3n) is 3.07. The van der Waals surface area contributed by atoms with Gasteiger partial charge in [-0.25, -0.2) is 0 Å². The van der Waals surface area contributed by atoms with Crippen LogP contribution >= 0.6 is 0 Å². The SMILES string of the molecule is COCc1cccc(OCC2CCCCN2)c1. The molecule has 1 aromatic rings. The van der Waals surface area contributed by atoms with E-state index >= 15 is 0 Å². The highest BCUT2D eigenvalue weighted by Crippen LogP contribution is 2.15. The summed E-state index contributed by atoms with van der Waals surface area (Å²) in [5.74, 6) is 0.937. The summed E-state index contributed by atoms with van der Waals surface area (Å²) in [5, 5.41) is 3.48. The van der Waals surface area contributed by atoms with Gasteiger partial charge in [-0.3, -0.25) is 0 Å². The first-order valence-electron chi connectivity index (χ1n) is 6.32. The second kappa shape index (κ2) is 6.62. The van der Waals surface area contributed by atoms with Gasteiger partial charge in [0.15, 0.2) is 0 Å². The van der Waals surface area contributed by atoms with Crippen LogP contribution in [-0.2, 0) is 11.3 Å². The van der Waals surface area contributed by atoms with Gasteiger partial charge in [-0.05, 0) is 37.1 Å². The van der Waals surface area contributed by atoms with Gasteiger partial charge in [-0.2, -0.15) is 0 Å². The molecule has 1 aliphatic heterocycles. The molecule has 0 saturated carbocycles. The summed E-state index contributed by atoms with van der Waals surface area (Å²) in [4.78, 5) is 0. The van der Waals surface area contributed by atoms with Gasteiger partial charge in [0, 0.05) is 13.2 Å². The Morgan fingerprint density at radius 1 is 1.35 bits per heavy atom. The number of rotatable bonds is 5. The third kappa shape index (κ3) is 4.02. The van der Waals surface area contributed by atoms with E-state index in [4.69, 9.17) is 9.47 Å². The Morgan fingerprint density at radius 3 is 3.06 bits per heavy atom. The molecular formula is C14H21NO2. The lowest BCUT2D eigenvalue weighted by Gasteiger charge is -2.23. The van der Waals surface area contributed by atoms with Crippen molar-refractivity contribution in [3.8, 4) is 5.75 Å². The highest BCUT2D eigenvalue weighted by molar-refractivity contribution is 5.28. The van der Waals surface area contributed by atoms with Crippen molar-refractivity contribution < 1.29 is 9.47 Å². The van der Waals surface area contributed by atoms with E-state index in [2.05, 4.69) is 11.4 Å². The monoisotopic (exact) mass is 235 g/mol. The van der Waals surface area contributed by atoms with Gasteiger partial charge in [0.25, 0.3) is 0 Å². The first-order chi connectivity index (χ1) is 8.38. The molecular weight excluding hydrogens is 214 g/mol. The smallest absolute Gasteiger partial charge is 0.119 e. The summed E-state index contributed by atoms with van der Waals surface area (Å²) < 4.78 is 10.9. The van der Waals surface area contributed by atoms with Crippen LogP contribution < -0.4 is 10.1 Å². The summed E-state index contributed by atoms with van der Waals surface area (Å²) in [6, 6.07) is 8.62. The second-order valence-electron chi connectivity index (χ2n) is 4.54. The van der Waals surface area contributed by atoms with Crippen LogP contribution in [0.4, 0.5) is 0 Å². The molecule has 94 valence electrons. The van der Waals surface area contributed by atoms with Gasteiger partial charge in [0.05, 0.1) is 6.61 Å². The van der Waals surface area contributed by atoms with E-state index in [1.165, 1.54) is 19.3 Å².